The second kappa shape index (κ2) is 4.69. The quantitative estimate of drug-likeness (QED) is 0.450. The van der Waals surface area contributed by atoms with Gasteiger partial charge in [-0.25, -0.2) is 15.0 Å². The fourth-order valence-corrected chi connectivity index (χ4v) is 4.11. The summed E-state index contributed by atoms with van der Waals surface area (Å²) in [6, 6.07) is 8.03. The molecule has 0 radical (unpaired) electrons. The van der Waals surface area contributed by atoms with Crippen LogP contribution in [0.3, 0.4) is 0 Å². The first kappa shape index (κ1) is 12.1. The molecule has 0 saturated heterocycles. The Morgan fingerprint density at radius 2 is 2.05 bits per heavy atom. The van der Waals surface area contributed by atoms with Gasteiger partial charge in [-0.2, -0.15) is 4.98 Å². The molecule has 3 heterocycles. The molecule has 0 fully saturated rings. The van der Waals surface area contributed by atoms with Crippen molar-refractivity contribution in [3.05, 3.63) is 35.9 Å². The number of aromatic amines is 1. The van der Waals surface area contributed by atoms with E-state index in [4.69, 9.17) is 11.6 Å². The molecule has 8 heteroatoms. The molecule has 4 aromatic rings. The highest BCUT2D eigenvalue weighted by atomic mass is 35.5. The number of thiazole rings is 1. The molecule has 4 rings (SSSR count). The molecule has 0 spiro atoms. The molecule has 0 aliphatic heterocycles. The lowest BCUT2D eigenvalue weighted by Crippen LogP contribution is -1.88. The Balaban J connectivity index is 1.81. The Morgan fingerprint density at radius 3 is 2.95 bits per heavy atom. The number of imidazole rings is 1. The highest BCUT2D eigenvalue weighted by Crippen LogP contribution is 2.35. The molecule has 0 saturated carbocycles. The molecule has 1 N–H and O–H groups in total. The summed E-state index contributed by atoms with van der Waals surface area (Å²) >= 11 is 9.00. The van der Waals surface area contributed by atoms with Gasteiger partial charge in [0.05, 0.1) is 16.5 Å². The maximum atomic E-state index is 5.92. The Hall–Kier alpha value is -1.70. The summed E-state index contributed by atoms with van der Waals surface area (Å²) < 4.78 is 2.06. The molecule has 0 aliphatic rings. The topological polar surface area (TPSA) is 67.3 Å². The third-order valence-corrected chi connectivity index (χ3v) is 4.94. The maximum absolute atomic E-state index is 5.92. The van der Waals surface area contributed by atoms with Gasteiger partial charge in [0.25, 0.3) is 0 Å². The maximum Gasteiger partial charge on any atom is 0.225 e. The average molecular weight is 320 g/mol. The van der Waals surface area contributed by atoms with Crippen LogP contribution in [0.2, 0.25) is 5.28 Å². The normalized spacial score (nSPS) is 11.4. The lowest BCUT2D eigenvalue weighted by Gasteiger charge is -1.98. The minimum Gasteiger partial charge on any atom is -0.341 e. The number of aromatic nitrogens is 5. The van der Waals surface area contributed by atoms with Gasteiger partial charge in [0.1, 0.15) is 10.5 Å². The first-order valence-electron chi connectivity index (χ1n) is 5.69. The van der Waals surface area contributed by atoms with Crippen LogP contribution in [0.5, 0.6) is 0 Å². The van der Waals surface area contributed by atoms with Gasteiger partial charge in [-0.05, 0) is 35.5 Å². The standard InChI is InChI=1S/C12H6ClN5S2/c13-11-17-9-8(14-5-15-9)10(18-11)20-12-16-6-3-1-2-4-7(6)19-12/h1-5H,(H,14,15,17,18). The van der Waals surface area contributed by atoms with Crippen LogP contribution >= 0.6 is 34.7 Å². The fourth-order valence-electron chi connectivity index (χ4n) is 1.83. The van der Waals surface area contributed by atoms with Gasteiger partial charge < -0.3 is 4.98 Å². The number of nitrogens with one attached hydrogen (secondary N) is 1. The first-order valence-corrected chi connectivity index (χ1v) is 7.71. The molecule has 0 bridgehead atoms. The summed E-state index contributed by atoms with van der Waals surface area (Å²) in [7, 11) is 0. The van der Waals surface area contributed by atoms with Crippen molar-refractivity contribution in [1.82, 2.24) is 24.9 Å². The number of rotatable bonds is 2. The van der Waals surface area contributed by atoms with E-state index in [-0.39, 0.29) is 5.28 Å². The molecule has 0 amide bonds. The van der Waals surface area contributed by atoms with E-state index >= 15 is 0 Å². The Bertz CT molecular complexity index is 883. The van der Waals surface area contributed by atoms with Crippen molar-refractivity contribution in [2.75, 3.05) is 0 Å². The van der Waals surface area contributed by atoms with Gasteiger partial charge in [-0.3, -0.25) is 0 Å². The van der Waals surface area contributed by atoms with Crippen molar-refractivity contribution < 1.29 is 0 Å². The summed E-state index contributed by atoms with van der Waals surface area (Å²) in [4.78, 5) is 20.0. The summed E-state index contributed by atoms with van der Waals surface area (Å²) in [6.07, 6.45) is 1.58. The average Bonchev–Trinajstić information content (AvgIpc) is 3.03. The van der Waals surface area contributed by atoms with Crippen molar-refractivity contribution in [2.45, 2.75) is 9.37 Å². The van der Waals surface area contributed by atoms with E-state index in [1.54, 1.807) is 17.7 Å². The summed E-state index contributed by atoms with van der Waals surface area (Å²) in [5.74, 6) is 0. The van der Waals surface area contributed by atoms with E-state index in [1.165, 1.54) is 11.8 Å². The number of H-pyrrole nitrogens is 1. The van der Waals surface area contributed by atoms with E-state index in [0.29, 0.717) is 5.65 Å². The molecular formula is C12H6ClN5S2. The van der Waals surface area contributed by atoms with Crippen LogP contribution in [0.15, 0.2) is 40.0 Å². The Kier molecular flexibility index (Phi) is 2.83. The molecule has 3 aromatic heterocycles. The summed E-state index contributed by atoms with van der Waals surface area (Å²) in [5.41, 5.74) is 2.33. The van der Waals surface area contributed by atoms with Gasteiger partial charge in [-0.1, -0.05) is 12.1 Å². The van der Waals surface area contributed by atoms with Crippen molar-refractivity contribution >= 4 is 56.1 Å². The first-order chi connectivity index (χ1) is 9.79. The van der Waals surface area contributed by atoms with Crippen molar-refractivity contribution in [1.29, 1.82) is 0 Å². The largest absolute Gasteiger partial charge is 0.341 e. The fraction of sp³-hybridized carbons (Fsp3) is 0. The van der Waals surface area contributed by atoms with Crippen LogP contribution in [-0.2, 0) is 0 Å². The third-order valence-electron chi connectivity index (χ3n) is 2.68. The van der Waals surface area contributed by atoms with Gasteiger partial charge in [-0.15, -0.1) is 11.3 Å². The third kappa shape index (κ3) is 2.04. The summed E-state index contributed by atoms with van der Waals surface area (Å²) in [5, 5.41) is 0.921. The molecule has 1 aromatic carbocycles. The van der Waals surface area contributed by atoms with Crippen molar-refractivity contribution in [2.24, 2.45) is 0 Å². The lowest BCUT2D eigenvalue weighted by molar-refractivity contribution is 1.08. The van der Waals surface area contributed by atoms with Crippen molar-refractivity contribution in [3.8, 4) is 0 Å². The zero-order valence-electron chi connectivity index (χ0n) is 9.87. The number of nitrogens with zero attached hydrogens (tertiary/aromatic N) is 4. The van der Waals surface area contributed by atoms with Crippen LogP contribution < -0.4 is 0 Å². The zero-order chi connectivity index (χ0) is 13.5. The zero-order valence-corrected chi connectivity index (χ0v) is 12.3. The SMILES string of the molecule is Clc1nc(Sc2nc3ccccc3s2)c2[nH]cnc2n1. The molecule has 0 aliphatic carbocycles. The van der Waals surface area contributed by atoms with Crippen LogP contribution in [0, 0.1) is 0 Å². The molecule has 0 atom stereocenters. The van der Waals surface area contributed by atoms with E-state index in [1.807, 2.05) is 18.2 Å². The Labute approximate surface area is 126 Å². The van der Waals surface area contributed by atoms with E-state index in [2.05, 4.69) is 31.0 Å². The van der Waals surface area contributed by atoms with Crippen LogP contribution in [0.1, 0.15) is 0 Å². The summed E-state index contributed by atoms with van der Waals surface area (Å²) in [6.45, 7) is 0. The lowest BCUT2D eigenvalue weighted by atomic mass is 10.3. The van der Waals surface area contributed by atoms with Crippen LogP contribution in [0.4, 0.5) is 0 Å². The molecule has 98 valence electrons. The van der Waals surface area contributed by atoms with Gasteiger partial charge >= 0.3 is 0 Å². The number of benzene rings is 1. The molecule has 0 unspecified atom stereocenters. The smallest absolute Gasteiger partial charge is 0.225 e. The van der Waals surface area contributed by atoms with E-state index < -0.39 is 0 Å². The van der Waals surface area contributed by atoms with Crippen LogP contribution in [0.25, 0.3) is 21.4 Å². The monoisotopic (exact) mass is 319 g/mol. The number of halogens is 1. The predicted octanol–water partition coefficient (Wildman–Crippen LogP) is 3.77. The number of hydrogen-bond acceptors (Lipinski definition) is 6. The van der Waals surface area contributed by atoms with E-state index in [0.717, 1.165) is 25.1 Å². The predicted molar refractivity (Wildman–Crippen MR) is 80.4 cm³/mol. The molecule has 5 nitrogen and oxygen atoms in total. The highest BCUT2D eigenvalue weighted by Gasteiger charge is 2.13. The van der Waals surface area contributed by atoms with Gasteiger partial charge in [0.2, 0.25) is 5.28 Å². The molecule has 20 heavy (non-hydrogen) atoms. The minimum absolute atomic E-state index is 0.188. The number of fused-ring (bicyclic) bond motifs is 2. The Morgan fingerprint density at radius 1 is 1.15 bits per heavy atom. The van der Waals surface area contributed by atoms with Crippen LogP contribution in [-0.4, -0.2) is 24.9 Å². The minimum atomic E-state index is 0.188. The second-order valence-electron chi connectivity index (χ2n) is 3.95. The molecular weight excluding hydrogens is 314 g/mol. The number of hydrogen-bond donors (Lipinski definition) is 1. The second-order valence-corrected chi connectivity index (χ2v) is 6.55. The van der Waals surface area contributed by atoms with Gasteiger partial charge in [0, 0.05) is 0 Å². The van der Waals surface area contributed by atoms with Gasteiger partial charge in [0.15, 0.2) is 9.99 Å². The van der Waals surface area contributed by atoms with Crippen molar-refractivity contribution in [3.63, 3.8) is 0 Å². The highest BCUT2D eigenvalue weighted by molar-refractivity contribution is 8.01. The number of para-hydroxylation sites is 1. The van der Waals surface area contributed by atoms with E-state index in [9.17, 15) is 0 Å².